The molecule has 0 heterocycles. The van der Waals surface area contributed by atoms with E-state index in [4.69, 9.17) is 4.74 Å². The monoisotopic (exact) mass is 285 g/mol. The van der Waals surface area contributed by atoms with Crippen molar-refractivity contribution < 1.29 is 13.9 Å². The van der Waals surface area contributed by atoms with Crippen LogP contribution in [-0.2, 0) is 4.74 Å². The van der Waals surface area contributed by atoms with Crippen LogP contribution in [-0.4, -0.2) is 18.8 Å². The maximum Gasteiger partial charge on any atom is 0.338 e. The van der Waals surface area contributed by atoms with E-state index in [2.05, 4.69) is 4.99 Å². The predicted octanol–water partition coefficient (Wildman–Crippen LogP) is 4.14. The molecule has 0 atom stereocenters. The summed E-state index contributed by atoms with van der Waals surface area (Å²) in [6, 6.07) is 12.9. The number of ether oxygens (including phenoxy) is 1. The molecule has 0 fully saturated rings. The quantitative estimate of drug-likeness (QED) is 0.611. The van der Waals surface area contributed by atoms with Gasteiger partial charge >= 0.3 is 5.97 Å². The molecule has 2 rings (SSSR count). The summed E-state index contributed by atoms with van der Waals surface area (Å²) >= 11 is 0. The number of esters is 1. The van der Waals surface area contributed by atoms with Crippen LogP contribution in [0.5, 0.6) is 0 Å². The Bertz CT molecular complexity index is 618. The summed E-state index contributed by atoms with van der Waals surface area (Å²) in [4.78, 5) is 15.9. The highest BCUT2D eigenvalue weighted by atomic mass is 19.1. The number of halogens is 1. The lowest BCUT2D eigenvalue weighted by Gasteiger charge is -2.02. The first-order valence-corrected chi connectivity index (χ1v) is 6.76. The Morgan fingerprint density at radius 1 is 1.14 bits per heavy atom. The van der Waals surface area contributed by atoms with Crippen LogP contribution in [0.4, 0.5) is 10.1 Å². The Morgan fingerprint density at radius 2 is 1.81 bits per heavy atom. The van der Waals surface area contributed by atoms with Crippen LogP contribution >= 0.6 is 0 Å². The fraction of sp³-hybridized carbons (Fsp3) is 0.176. The van der Waals surface area contributed by atoms with E-state index < -0.39 is 0 Å². The van der Waals surface area contributed by atoms with Crippen molar-refractivity contribution in [1.29, 1.82) is 0 Å². The Morgan fingerprint density at radius 3 is 2.43 bits per heavy atom. The van der Waals surface area contributed by atoms with Crippen LogP contribution < -0.4 is 0 Å². The summed E-state index contributed by atoms with van der Waals surface area (Å²) in [5.74, 6) is -0.604. The van der Waals surface area contributed by atoms with Crippen molar-refractivity contribution in [2.75, 3.05) is 6.61 Å². The number of aliphatic imine (C=N–C) groups is 1. The fourth-order valence-corrected chi connectivity index (χ4v) is 1.66. The van der Waals surface area contributed by atoms with Crippen LogP contribution in [0.3, 0.4) is 0 Å². The van der Waals surface area contributed by atoms with E-state index in [0.717, 1.165) is 12.0 Å². The number of carbonyl (C=O) groups excluding carboxylic acids is 1. The van der Waals surface area contributed by atoms with Gasteiger partial charge in [0.2, 0.25) is 0 Å². The second-order valence-corrected chi connectivity index (χ2v) is 4.49. The smallest absolute Gasteiger partial charge is 0.338 e. The first kappa shape index (κ1) is 14.9. The Balaban J connectivity index is 2.02. The standard InChI is InChI=1S/C17H16FNO2/c1-2-11-21-17(20)14-5-9-16(10-6-14)19-12-13-3-7-15(18)8-4-13/h3-10,12H,2,11H2,1H3. The number of benzene rings is 2. The lowest BCUT2D eigenvalue weighted by molar-refractivity contribution is 0.0505. The van der Waals surface area contributed by atoms with E-state index in [-0.39, 0.29) is 11.8 Å². The number of hydrogen-bond donors (Lipinski definition) is 0. The van der Waals surface area contributed by atoms with E-state index in [9.17, 15) is 9.18 Å². The van der Waals surface area contributed by atoms with Crippen LogP contribution in [0.15, 0.2) is 53.5 Å². The molecule has 2 aromatic carbocycles. The molecule has 21 heavy (non-hydrogen) atoms. The molecule has 0 spiro atoms. The highest BCUT2D eigenvalue weighted by Gasteiger charge is 2.05. The lowest BCUT2D eigenvalue weighted by atomic mass is 10.2. The third kappa shape index (κ3) is 4.53. The van der Waals surface area contributed by atoms with Crippen molar-refractivity contribution in [3.63, 3.8) is 0 Å². The normalized spacial score (nSPS) is 10.8. The molecule has 108 valence electrons. The largest absolute Gasteiger partial charge is 0.462 e. The molecule has 0 aliphatic rings. The SMILES string of the molecule is CCCOC(=O)c1ccc(N=Cc2ccc(F)cc2)cc1. The van der Waals surface area contributed by atoms with Gasteiger partial charge in [-0.1, -0.05) is 19.1 Å². The molecule has 3 nitrogen and oxygen atoms in total. The van der Waals surface area contributed by atoms with Gasteiger partial charge in [0.15, 0.2) is 0 Å². The number of rotatable bonds is 5. The summed E-state index contributed by atoms with van der Waals surface area (Å²) < 4.78 is 17.8. The molecule has 4 heteroatoms. The van der Waals surface area contributed by atoms with Gasteiger partial charge in [0.05, 0.1) is 17.9 Å². The first-order chi connectivity index (χ1) is 10.2. The summed E-state index contributed by atoms with van der Waals surface area (Å²) in [5.41, 5.74) is 2.03. The second-order valence-electron chi connectivity index (χ2n) is 4.49. The van der Waals surface area contributed by atoms with E-state index in [1.807, 2.05) is 6.92 Å². The molecule has 0 bridgehead atoms. The van der Waals surface area contributed by atoms with Gasteiger partial charge in [-0.2, -0.15) is 0 Å². The minimum absolute atomic E-state index is 0.276. The van der Waals surface area contributed by atoms with Crippen molar-refractivity contribution in [3.05, 3.63) is 65.5 Å². The van der Waals surface area contributed by atoms with E-state index in [1.165, 1.54) is 12.1 Å². The van der Waals surface area contributed by atoms with E-state index in [0.29, 0.717) is 17.9 Å². The summed E-state index contributed by atoms with van der Waals surface area (Å²) in [6.45, 7) is 2.36. The van der Waals surface area contributed by atoms with Crippen molar-refractivity contribution in [2.45, 2.75) is 13.3 Å². The molecule has 2 aromatic rings. The minimum atomic E-state index is -0.328. The van der Waals surface area contributed by atoms with Gasteiger partial charge in [0.1, 0.15) is 5.82 Å². The Hall–Kier alpha value is -2.49. The third-order valence-electron chi connectivity index (χ3n) is 2.77. The van der Waals surface area contributed by atoms with E-state index >= 15 is 0 Å². The predicted molar refractivity (Wildman–Crippen MR) is 80.7 cm³/mol. The van der Waals surface area contributed by atoms with E-state index in [1.54, 1.807) is 42.6 Å². The van der Waals surface area contributed by atoms with Gasteiger partial charge in [-0.25, -0.2) is 9.18 Å². The minimum Gasteiger partial charge on any atom is -0.462 e. The molecule has 0 amide bonds. The number of carbonyl (C=O) groups is 1. The summed E-state index contributed by atoms with van der Waals surface area (Å²) in [5, 5.41) is 0. The zero-order chi connectivity index (χ0) is 15.1. The van der Waals surface area contributed by atoms with Crippen LogP contribution in [0, 0.1) is 5.82 Å². The van der Waals surface area contributed by atoms with Crippen molar-refractivity contribution in [1.82, 2.24) is 0 Å². The Labute approximate surface area is 123 Å². The van der Waals surface area contributed by atoms with Crippen LogP contribution in [0.25, 0.3) is 0 Å². The van der Waals surface area contributed by atoms with Crippen LogP contribution in [0.1, 0.15) is 29.3 Å². The van der Waals surface area contributed by atoms with Gasteiger partial charge in [0, 0.05) is 6.21 Å². The molecule has 0 aromatic heterocycles. The number of hydrogen-bond acceptors (Lipinski definition) is 3. The lowest BCUT2D eigenvalue weighted by Crippen LogP contribution is -2.05. The average Bonchev–Trinajstić information content (AvgIpc) is 2.52. The zero-order valence-electron chi connectivity index (χ0n) is 11.8. The van der Waals surface area contributed by atoms with Gasteiger partial charge < -0.3 is 4.74 Å². The average molecular weight is 285 g/mol. The molecule has 0 aliphatic heterocycles. The Kier molecular flexibility index (Phi) is 5.21. The third-order valence-corrected chi connectivity index (χ3v) is 2.77. The second kappa shape index (κ2) is 7.33. The molecule has 0 unspecified atom stereocenters. The topological polar surface area (TPSA) is 38.7 Å². The maximum absolute atomic E-state index is 12.8. The highest BCUT2D eigenvalue weighted by Crippen LogP contribution is 2.14. The summed E-state index contributed by atoms with van der Waals surface area (Å²) in [7, 11) is 0. The van der Waals surface area contributed by atoms with Gasteiger partial charge in [-0.15, -0.1) is 0 Å². The number of nitrogens with zero attached hydrogens (tertiary/aromatic N) is 1. The van der Waals surface area contributed by atoms with Gasteiger partial charge in [-0.05, 0) is 48.4 Å². The summed E-state index contributed by atoms with van der Waals surface area (Å²) in [6.07, 6.45) is 2.44. The van der Waals surface area contributed by atoms with Crippen LogP contribution in [0.2, 0.25) is 0 Å². The highest BCUT2D eigenvalue weighted by molar-refractivity contribution is 5.90. The van der Waals surface area contributed by atoms with Crippen molar-refractivity contribution >= 4 is 17.9 Å². The molecule has 0 aliphatic carbocycles. The van der Waals surface area contributed by atoms with Crippen molar-refractivity contribution in [3.8, 4) is 0 Å². The maximum atomic E-state index is 12.8. The van der Waals surface area contributed by atoms with Gasteiger partial charge in [0.25, 0.3) is 0 Å². The molecule has 0 saturated carbocycles. The molecule has 0 radical (unpaired) electrons. The fourth-order valence-electron chi connectivity index (χ4n) is 1.66. The zero-order valence-corrected chi connectivity index (χ0v) is 11.8. The molecular weight excluding hydrogens is 269 g/mol. The first-order valence-electron chi connectivity index (χ1n) is 6.76. The molecule has 0 N–H and O–H groups in total. The molecular formula is C17H16FNO2. The van der Waals surface area contributed by atoms with Gasteiger partial charge in [-0.3, -0.25) is 4.99 Å². The molecule has 0 saturated heterocycles. The van der Waals surface area contributed by atoms with Crippen molar-refractivity contribution in [2.24, 2.45) is 4.99 Å².